The fourth-order valence-electron chi connectivity index (χ4n) is 2.70. The Hall–Kier alpha value is -2.88. The number of anilines is 4. The number of hydrogen-bond donors (Lipinski definition) is 4. The molecule has 4 N–H and O–H groups in total. The molecule has 29 heavy (non-hydrogen) atoms. The van der Waals surface area contributed by atoms with Crippen molar-refractivity contribution in [1.29, 1.82) is 5.41 Å². The van der Waals surface area contributed by atoms with E-state index in [0.717, 1.165) is 19.0 Å². The molecule has 7 nitrogen and oxygen atoms in total. The summed E-state index contributed by atoms with van der Waals surface area (Å²) in [4.78, 5) is 8.08. The van der Waals surface area contributed by atoms with Crippen molar-refractivity contribution in [3.8, 4) is 0 Å². The summed E-state index contributed by atoms with van der Waals surface area (Å²) >= 11 is 0. The Labute approximate surface area is 166 Å². The number of nitrogens with zero attached hydrogens (tertiary/aromatic N) is 2. The lowest BCUT2D eigenvalue weighted by Gasteiger charge is -2.18. The largest absolute Gasteiger partial charge is 0.383 e. The lowest BCUT2D eigenvalue weighted by molar-refractivity contribution is -0.0279. The molecule has 0 atom stereocenters. The van der Waals surface area contributed by atoms with E-state index in [0.29, 0.717) is 30.1 Å². The van der Waals surface area contributed by atoms with Crippen LogP contribution < -0.4 is 16.0 Å². The van der Waals surface area contributed by atoms with Crippen LogP contribution in [0.5, 0.6) is 0 Å². The molecule has 3 rings (SSSR count). The van der Waals surface area contributed by atoms with Gasteiger partial charge in [0.15, 0.2) is 6.67 Å². The predicted octanol–water partition coefficient (Wildman–Crippen LogP) is 3.91. The zero-order valence-corrected chi connectivity index (χ0v) is 15.9. The van der Waals surface area contributed by atoms with Crippen LogP contribution in [0.3, 0.4) is 0 Å². The fourth-order valence-corrected chi connectivity index (χ4v) is 2.70. The van der Waals surface area contributed by atoms with Crippen LogP contribution in [0.15, 0.2) is 24.4 Å². The zero-order chi connectivity index (χ0) is 20.9. The first-order valence-electron chi connectivity index (χ1n) is 9.19. The Balaban J connectivity index is 1.88. The second-order valence-corrected chi connectivity index (χ2v) is 6.67. The number of hydrogen-bond acceptors (Lipinski definition) is 7. The molecule has 0 amide bonds. The molecule has 10 heteroatoms. The first-order valence-corrected chi connectivity index (χ1v) is 9.19. The van der Waals surface area contributed by atoms with Gasteiger partial charge in [0.25, 0.3) is 0 Å². The van der Waals surface area contributed by atoms with Crippen molar-refractivity contribution < 1.29 is 17.9 Å². The van der Waals surface area contributed by atoms with E-state index in [2.05, 4.69) is 25.9 Å². The van der Waals surface area contributed by atoms with E-state index in [1.54, 1.807) is 19.2 Å². The van der Waals surface area contributed by atoms with Crippen molar-refractivity contribution >= 4 is 29.4 Å². The summed E-state index contributed by atoms with van der Waals surface area (Å²) in [7, 11) is 1.60. The molecule has 0 aliphatic heterocycles. The molecule has 1 aromatic carbocycles. The molecule has 1 aromatic heterocycles. The van der Waals surface area contributed by atoms with Crippen LogP contribution in [0.1, 0.15) is 24.0 Å². The monoisotopic (exact) mass is 408 g/mol. The molecular formula is C19H23F3N6O. The van der Waals surface area contributed by atoms with Crippen LogP contribution in [-0.4, -0.2) is 49.2 Å². The molecule has 156 valence electrons. The lowest BCUT2D eigenvalue weighted by atomic mass is 10.1. The molecule has 1 heterocycles. The average Bonchev–Trinajstić information content (AvgIpc) is 3.52. The molecule has 1 aliphatic carbocycles. The van der Waals surface area contributed by atoms with Crippen molar-refractivity contribution in [1.82, 2.24) is 9.97 Å². The van der Waals surface area contributed by atoms with Crippen molar-refractivity contribution in [3.63, 3.8) is 0 Å². The lowest BCUT2D eigenvalue weighted by Crippen LogP contribution is -2.21. The highest BCUT2D eigenvalue weighted by atomic mass is 19.3. The highest BCUT2D eigenvalue weighted by molar-refractivity contribution is 5.94. The fraction of sp³-hybridized carbons (Fsp3) is 0.421. The first-order chi connectivity index (χ1) is 14.0. The molecule has 0 spiro atoms. The van der Waals surface area contributed by atoms with Crippen LogP contribution in [-0.2, 0) is 10.7 Å². The summed E-state index contributed by atoms with van der Waals surface area (Å²) in [6.07, 6.45) is 3.80. The van der Waals surface area contributed by atoms with E-state index in [4.69, 9.17) is 10.1 Å². The summed E-state index contributed by atoms with van der Waals surface area (Å²) in [5.74, 6) is -3.68. The zero-order valence-electron chi connectivity index (χ0n) is 15.9. The Bertz CT molecular complexity index is 860. The minimum absolute atomic E-state index is 0.0531. The van der Waals surface area contributed by atoms with Gasteiger partial charge in [0.2, 0.25) is 5.95 Å². The van der Waals surface area contributed by atoms with Crippen molar-refractivity contribution in [3.05, 3.63) is 35.5 Å². The SMILES string of the molecule is COCCNc1cccc(Nc2ncc(C(F)(F)CF)c(NC3CC3)n2)c1C=N. The van der Waals surface area contributed by atoms with Crippen molar-refractivity contribution in [2.24, 2.45) is 0 Å². The number of ether oxygens (including phenoxy) is 1. The molecule has 1 aliphatic rings. The van der Waals surface area contributed by atoms with E-state index in [1.807, 2.05) is 6.07 Å². The number of rotatable bonds is 11. The molecule has 2 aromatic rings. The van der Waals surface area contributed by atoms with E-state index in [-0.39, 0.29) is 17.8 Å². The van der Waals surface area contributed by atoms with Crippen molar-refractivity contribution in [2.75, 3.05) is 42.9 Å². The molecule has 1 fully saturated rings. The standard InChI is InChI=1S/C19H23F3N6O/c1-29-8-7-24-15-3-2-4-16(13(15)9-23)27-18-25-10-14(19(21,22)11-20)17(28-18)26-12-5-6-12/h2-4,9-10,12,23-24H,5-8,11H2,1H3,(H2,25,26,27,28). The average molecular weight is 408 g/mol. The molecule has 0 radical (unpaired) electrons. The summed E-state index contributed by atoms with van der Waals surface area (Å²) in [6.45, 7) is -0.770. The second kappa shape index (κ2) is 9.08. The van der Waals surface area contributed by atoms with Gasteiger partial charge in [-0.1, -0.05) is 6.07 Å². The van der Waals surface area contributed by atoms with Crippen LogP contribution >= 0.6 is 0 Å². The number of aromatic nitrogens is 2. The topological polar surface area (TPSA) is 94.9 Å². The number of halogens is 3. The van der Waals surface area contributed by atoms with Gasteiger partial charge in [-0.05, 0) is 25.0 Å². The van der Waals surface area contributed by atoms with Gasteiger partial charge in [-0.3, -0.25) is 0 Å². The van der Waals surface area contributed by atoms with Crippen LogP contribution in [0, 0.1) is 5.41 Å². The summed E-state index contributed by atoms with van der Waals surface area (Å²) in [5.41, 5.74) is 1.23. The maximum atomic E-state index is 13.9. The van der Waals surface area contributed by atoms with Gasteiger partial charge in [-0.2, -0.15) is 13.8 Å². The van der Waals surface area contributed by atoms with E-state index in [9.17, 15) is 13.2 Å². The molecule has 0 unspecified atom stereocenters. The number of nitrogens with one attached hydrogen (secondary N) is 4. The van der Waals surface area contributed by atoms with E-state index >= 15 is 0 Å². The van der Waals surface area contributed by atoms with E-state index < -0.39 is 18.2 Å². The van der Waals surface area contributed by atoms with E-state index in [1.165, 1.54) is 6.21 Å². The van der Waals surface area contributed by atoms with Gasteiger partial charge < -0.3 is 26.1 Å². The first kappa shape index (κ1) is 20.8. The van der Waals surface area contributed by atoms with Crippen molar-refractivity contribution in [2.45, 2.75) is 24.8 Å². The Morgan fingerprint density at radius 3 is 2.72 bits per heavy atom. The van der Waals surface area contributed by atoms with Crippen LogP contribution in [0.25, 0.3) is 0 Å². The maximum absolute atomic E-state index is 13.9. The highest BCUT2D eigenvalue weighted by Gasteiger charge is 2.37. The summed E-state index contributed by atoms with van der Waals surface area (Å²) in [6, 6.07) is 5.37. The minimum Gasteiger partial charge on any atom is -0.383 e. The number of methoxy groups -OCH3 is 1. The van der Waals surface area contributed by atoms with Gasteiger partial charge in [0, 0.05) is 43.4 Å². The van der Waals surface area contributed by atoms with Gasteiger partial charge in [-0.15, -0.1) is 0 Å². The molecular weight excluding hydrogens is 385 g/mol. The van der Waals surface area contributed by atoms with Gasteiger partial charge in [0.1, 0.15) is 5.82 Å². The third kappa shape index (κ3) is 5.14. The highest BCUT2D eigenvalue weighted by Crippen LogP contribution is 2.36. The third-order valence-electron chi connectivity index (χ3n) is 4.39. The van der Waals surface area contributed by atoms with Crippen LogP contribution in [0.4, 0.5) is 36.3 Å². The summed E-state index contributed by atoms with van der Waals surface area (Å²) in [5, 5.41) is 16.8. The van der Waals surface area contributed by atoms with Gasteiger partial charge in [0.05, 0.1) is 17.9 Å². The Morgan fingerprint density at radius 2 is 2.07 bits per heavy atom. The molecule has 1 saturated carbocycles. The maximum Gasteiger partial charge on any atom is 0.306 e. The predicted molar refractivity (Wildman–Crippen MR) is 107 cm³/mol. The Morgan fingerprint density at radius 1 is 1.31 bits per heavy atom. The van der Waals surface area contributed by atoms with Gasteiger partial charge in [-0.25, -0.2) is 9.37 Å². The minimum atomic E-state index is -3.67. The molecule has 0 bridgehead atoms. The third-order valence-corrected chi connectivity index (χ3v) is 4.39. The molecule has 0 saturated heterocycles. The van der Waals surface area contributed by atoms with Gasteiger partial charge >= 0.3 is 5.92 Å². The smallest absolute Gasteiger partial charge is 0.306 e. The number of alkyl halides is 3. The van der Waals surface area contributed by atoms with Crippen LogP contribution in [0.2, 0.25) is 0 Å². The number of benzene rings is 1. The second-order valence-electron chi connectivity index (χ2n) is 6.67. The Kier molecular flexibility index (Phi) is 6.53. The summed E-state index contributed by atoms with van der Waals surface area (Å²) < 4.78 is 45.7. The normalized spacial score (nSPS) is 13.8. The quantitative estimate of drug-likeness (QED) is 0.333.